The summed E-state index contributed by atoms with van der Waals surface area (Å²) in [7, 11) is 0. The maximum Gasteiger partial charge on any atom is 0.416 e. The van der Waals surface area contributed by atoms with Crippen molar-refractivity contribution in [2.45, 2.75) is 18.8 Å². The van der Waals surface area contributed by atoms with Gasteiger partial charge < -0.3 is 20.1 Å². The molecule has 6 nitrogen and oxygen atoms in total. The second-order valence-corrected chi connectivity index (χ2v) is 4.74. The standard InChI is InChI=1S/C14H14F3N3O3/c15-14(16,17)11(21)7-20-5-4-19-13(20)9-2-1-3-10(6-9)23-8-12(18)22/h1-6,11,21H,7-8H2,(H2,18,22)/t11-/m0/s1. The monoisotopic (exact) mass is 329 g/mol. The van der Waals surface area contributed by atoms with E-state index in [4.69, 9.17) is 10.5 Å². The van der Waals surface area contributed by atoms with Gasteiger partial charge in [0, 0.05) is 18.0 Å². The van der Waals surface area contributed by atoms with Crippen LogP contribution in [-0.2, 0) is 11.3 Å². The highest BCUT2D eigenvalue weighted by Gasteiger charge is 2.38. The van der Waals surface area contributed by atoms with E-state index in [2.05, 4.69) is 4.98 Å². The first-order valence-electron chi connectivity index (χ1n) is 6.55. The number of benzene rings is 1. The van der Waals surface area contributed by atoms with Crippen LogP contribution in [0.2, 0.25) is 0 Å². The minimum absolute atomic E-state index is 0.234. The second kappa shape index (κ2) is 6.69. The zero-order valence-corrected chi connectivity index (χ0v) is 11.8. The van der Waals surface area contributed by atoms with E-state index in [1.165, 1.54) is 23.0 Å². The lowest BCUT2D eigenvalue weighted by Gasteiger charge is -2.16. The molecule has 0 unspecified atom stereocenters. The summed E-state index contributed by atoms with van der Waals surface area (Å²) in [6.07, 6.45) is -4.55. The quantitative estimate of drug-likeness (QED) is 0.837. The van der Waals surface area contributed by atoms with Gasteiger partial charge in [-0.3, -0.25) is 4.79 Å². The van der Waals surface area contributed by atoms with Crippen molar-refractivity contribution in [2.75, 3.05) is 6.61 Å². The van der Waals surface area contributed by atoms with Crippen LogP contribution in [0.15, 0.2) is 36.7 Å². The minimum Gasteiger partial charge on any atom is -0.484 e. The molecule has 1 amide bonds. The van der Waals surface area contributed by atoms with E-state index in [9.17, 15) is 23.1 Å². The lowest BCUT2D eigenvalue weighted by Crippen LogP contribution is -2.32. The van der Waals surface area contributed by atoms with Crippen molar-refractivity contribution in [3.63, 3.8) is 0 Å². The molecule has 0 aliphatic heterocycles. The fraction of sp³-hybridized carbons (Fsp3) is 0.286. The Morgan fingerprint density at radius 1 is 1.43 bits per heavy atom. The molecule has 124 valence electrons. The van der Waals surface area contributed by atoms with Gasteiger partial charge in [-0.05, 0) is 12.1 Å². The number of nitrogens with two attached hydrogens (primary N) is 1. The Morgan fingerprint density at radius 2 is 2.17 bits per heavy atom. The molecule has 3 N–H and O–H groups in total. The fourth-order valence-corrected chi connectivity index (χ4v) is 1.89. The number of ether oxygens (including phenoxy) is 1. The Morgan fingerprint density at radius 3 is 2.83 bits per heavy atom. The number of alkyl halides is 3. The first kappa shape index (κ1) is 16.8. The highest BCUT2D eigenvalue weighted by atomic mass is 19.4. The van der Waals surface area contributed by atoms with E-state index in [1.54, 1.807) is 18.2 Å². The maximum absolute atomic E-state index is 12.5. The molecule has 1 aromatic carbocycles. The average Bonchev–Trinajstić information content (AvgIpc) is 2.92. The summed E-state index contributed by atoms with van der Waals surface area (Å²) in [6.45, 7) is -0.990. The molecule has 0 saturated heterocycles. The molecular weight excluding hydrogens is 315 g/mol. The van der Waals surface area contributed by atoms with Crippen LogP contribution in [0.3, 0.4) is 0 Å². The third-order valence-corrected chi connectivity index (χ3v) is 2.94. The average molecular weight is 329 g/mol. The number of halogens is 3. The zero-order chi connectivity index (χ0) is 17.0. The predicted molar refractivity (Wildman–Crippen MR) is 74.4 cm³/mol. The first-order chi connectivity index (χ1) is 10.8. The number of primary amides is 1. The van der Waals surface area contributed by atoms with Crippen LogP contribution in [0.25, 0.3) is 11.4 Å². The van der Waals surface area contributed by atoms with Gasteiger partial charge in [0.1, 0.15) is 11.6 Å². The lowest BCUT2D eigenvalue weighted by atomic mass is 10.2. The van der Waals surface area contributed by atoms with Crippen molar-refractivity contribution >= 4 is 5.91 Å². The topological polar surface area (TPSA) is 90.4 Å². The van der Waals surface area contributed by atoms with Crippen LogP contribution in [0.1, 0.15) is 0 Å². The van der Waals surface area contributed by atoms with Crippen molar-refractivity contribution in [1.29, 1.82) is 0 Å². The molecular formula is C14H14F3N3O3. The fourth-order valence-electron chi connectivity index (χ4n) is 1.89. The Balaban J connectivity index is 2.21. The third-order valence-electron chi connectivity index (χ3n) is 2.94. The normalized spacial score (nSPS) is 12.9. The summed E-state index contributed by atoms with van der Waals surface area (Å²) in [4.78, 5) is 14.7. The number of carbonyl (C=O) groups excluding carboxylic acids is 1. The molecule has 2 rings (SSSR count). The van der Waals surface area contributed by atoms with Crippen molar-refractivity contribution in [3.05, 3.63) is 36.7 Å². The van der Waals surface area contributed by atoms with E-state index in [1.807, 2.05) is 0 Å². The molecule has 1 heterocycles. The Labute approximate surface area is 129 Å². The Hall–Kier alpha value is -2.55. The molecule has 0 radical (unpaired) electrons. The molecule has 0 aliphatic rings. The van der Waals surface area contributed by atoms with Gasteiger partial charge in [0.2, 0.25) is 0 Å². The van der Waals surface area contributed by atoms with Gasteiger partial charge in [0.15, 0.2) is 12.7 Å². The summed E-state index contributed by atoms with van der Waals surface area (Å²) in [5.41, 5.74) is 5.46. The number of rotatable bonds is 6. The minimum atomic E-state index is -4.71. The Kier molecular flexibility index (Phi) is 4.89. The first-order valence-corrected chi connectivity index (χ1v) is 6.55. The van der Waals surface area contributed by atoms with Crippen molar-refractivity contribution in [1.82, 2.24) is 9.55 Å². The molecule has 9 heteroatoms. The summed E-state index contributed by atoms with van der Waals surface area (Å²) >= 11 is 0. The van der Waals surface area contributed by atoms with E-state index in [0.29, 0.717) is 11.3 Å². The predicted octanol–water partition coefficient (Wildman–Crippen LogP) is 1.34. The highest BCUT2D eigenvalue weighted by molar-refractivity contribution is 5.75. The molecule has 0 fully saturated rings. The van der Waals surface area contributed by atoms with Crippen molar-refractivity contribution in [3.8, 4) is 17.1 Å². The van der Waals surface area contributed by atoms with E-state index in [-0.39, 0.29) is 12.4 Å². The summed E-state index contributed by atoms with van der Waals surface area (Å²) in [5, 5.41) is 9.18. The van der Waals surface area contributed by atoms with E-state index >= 15 is 0 Å². The summed E-state index contributed by atoms with van der Waals surface area (Å²) in [5.74, 6) is -0.0877. The van der Waals surface area contributed by atoms with Crippen LogP contribution >= 0.6 is 0 Å². The number of hydrogen-bond acceptors (Lipinski definition) is 4. The highest BCUT2D eigenvalue weighted by Crippen LogP contribution is 2.26. The number of aliphatic hydroxyl groups is 1. The Bertz CT molecular complexity index is 685. The van der Waals surface area contributed by atoms with E-state index < -0.39 is 24.7 Å². The largest absolute Gasteiger partial charge is 0.484 e. The number of hydrogen-bond donors (Lipinski definition) is 2. The van der Waals surface area contributed by atoms with Gasteiger partial charge in [-0.15, -0.1) is 0 Å². The van der Waals surface area contributed by atoms with Gasteiger partial charge in [0.05, 0.1) is 6.54 Å². The zero-order valence-electron chi connectivity index (χ0n) is 11.8. The molecule has 0 bridgehead atoms. The van der Waals surface area contributed by atoms with Crippen LogP contribution in [0, 0.1) is 0 Å². The van der Waals surface area contributed by atoms with Gasteiger partial charge in [-0.25, -0.2) is 4.98 Å². The molecule has 0 aliphatic carbocycles. The van der Waals surface area contributed by atoms with Crippen LogP contribution < -0.4 is 10.5 Å². The number of aliphatic hydroxyl groups excluding tert-OH is 1. The van der Waals surface area contributed by atoms with Crippen molar-refractivity contribution < 1.29 is 27.8 Å². The second-order valence-electron chi connectivity index (χ2n) is 4.74. The molecule has 0 spiro atoms. The number of imidazole rings is 1. The molecule has 0 saturated carbocycles. The summed E-state index contributed by atoms with van der Waals surface area (Å²) in [6, 6.07) is 6.31. The number of nitrogens with zero attached hydrogens (tertiary/aromatic N) is 2. The molecule has 1 atom stereocenters. The smallest absolute Gasteiger partial charge is 0.416 e. The number of carbonyl (C=O) groups is 1. The maximum atomic E-state index is 12.5. The van der Waals surface area contributed by atoms with Gasteiger partial charge in [0.25, 0.3) is 5.91 Å². The summed E-state index contributed by atoms with van der Waals surface area (Å²) < 4.78 is 43.7. The number of amides is 1. The van der Waals surface area contributed by atoms with Gasteiger partial charge in [-0.1, -0.05) is 12.1 Å². The van der Waals surface area contributed by atoms with Crippen molar-refractivity contribution in [2.24, 2.45) is 5.73 Å². The van der Waals surface area contributed by atoms with Crippen LogP contribution in [-0.4, -0.2) is 39.5 Å². The molecule has 23 heavy (non-hydrogen) atoms. The van der Waals surface area contributed by atoms with E-state index in [0.717, 1.165) is 0 Å². The molecule has 1 aromatic heterocycles. The SMILES string of the molecule is NC(=O)COc1cccc(-c2nccn2C[C@H](O)C(F)(F)F)c1. The van der Waals surface area contributed by atoms with Crippen LogP contribution in [0.5, 0.6) is 5.75 Å². The van der Waals surface area contributed by atoms with Gasteiger partial charge >= 0.3 is 6.18 Å². The third kappa shape index (κ3) is 4.46. The molecule has 2 aromatic rings. The number of aromatic nitrogens is 2. The van der Waals surface area contributed by atoms with Gasteiger partial charge in [-0.2, -0.15) is 13.2 Å². The van der Waals surface area contributed by atoms with Crippen LogP contribution in [0.4, 0.5) is 13.2 Å². The lowest BCUT2D eigenvalue weighted by molar-refractivity contribution is -0.207.